The third-order valence-corrected chi connectivity index (χ3v) is 5.56. The highest BCUT2D eigenvalue weighted by atomic mass is 32.2. The van der Waals surface area contributed by atoms with Crippen LogP contribution < -0.4 is 5.14 Å². The average Bonchev–Trinajstić information content (AvgIpc) is 2.78. The molecule has 5 nitrogen and oxygen atoms in total. The van der Waals surface area contributed by atoms with E-state index in [1.165, 1.54) is 6.07 Å². The quantitative estimate of drug-likeness (QED) is 0.889. The molecule has 1 aromatic rings. The lowest BCUT2D eigenvalue weighted by Gasteiger charge is -2.30. The minimum Gasteiger partial charge on any atom is -0.339 e. The van der Waals surface area contributed by atoms with Crippen molar-refractivity contribution in [2.45, 2.75) is 24.0 Å². The third kappa shape index (κ3) is 2.90. The van der Waals surface area contributed by atoms with Crippen LogP contribution in [0.25, 0.3) is 0 Å². The Kier molecular flexibility index (Phi) is 3.74. The van der Waals surface area contributed by atoms with Crippen molar-refractivity contribution in [1.82, 2.24) is 4.90 Å². The van der Waals surface area contributed by atoms with Crippen LogP contribution in [0.15, 0.2) is 15.7 Å². The first-order valence-corrected chi connectivity index (χ1v) is 8.21. The predicted molar refractivity (Wildman–Crippen MR) is 70.0 cm³/mol. The van der Waals surface area contributed by atoms with E-state index < -0.39 is 10.0 Å². The summed E-state index contributed by atoms with van der Waals surface area (Å²) in [4.78, 5) is 13.9. The van der Waals surface area contributed by atoms with E-state index in [4.69, 9.17) is 5.14 Å². The fourth-order valence-corrected chi connectivity index (χ4v) is 3.55. The molecule has 0 spiro atoms. The van der Waals surface area contributed by atoms with Gasteiger partial charge < -0.3 is 4.90 Å². The van der Waals surface area contributed by atoms with E-state index in [0.29, 0.717) is 11.5 Å². The molecule has 0 saturated carbocycles. The van der Waals surface area contributed by atoms with Crippen LogP contribution in [0, 0.1) is 5.92 Å². The monoisotopic (exact) mass is 288 g/mol. The van der Waals surface area contributed by atoms with Crippen molar-refractivity contribution in [1.29, 1.82) is 0 Å². The zero-order valence-electron chi connectivity index (χ0n) is 10.1. The molecule has 0 bridgehead atoms. The number of hydrogen-bond acceptors (Lipinski definition) is 4. The third-order valence-electron chi connectivity index (χ3n) is 3.17. The summed E-state index contributed by atoms with van der Waals surface area (Å²) in [5.41, 5.74) is 0.415. The van der Waals surface area contributed by atoms with Crippen molar-refractivity contribution < 1.29 is 13.2 Å². The molecule has 0 unspecified atom stereocenters. The summed E-state index contributed by atoms with van der Waals surface area (Å²) in [6.07, 6.45) is 2.00. The molecule has 1 fully saturated rings. The minimum absolute atomic E-state index is 0.0382. The number of rotatable bonds is 2. The van der Waals surface area contributed by atoms with Gasteiger partial charge in [0.2, 0.25) is 10.0 Å². The van der Waals surface area contributed by atoms with Gasteiger partial charge in [-0.15, -0.1) is 11.3 Å². The van der Waals surface area contributed by atoms with Crippen molar-refractivity contribution in [3.63, 3.8) is 0 Å². The molecule has 1 amide bonds. The normalized spacial score (nSPS) is 18.0. The fourth-order valence-electron chi connectivity index (χ4n) is 1.97. The number of nitrogens with two attached hydrogens (primary N) is 1. The summed E-state index contributed by atoms with van der Waals surface area (Å²) < 4.78 is 22.3. The molecular weight excluding hydrogens is 272 g/mol. The molecule has 1 saturated heterocycles. The van der Waals surface area contributed by atoms with Crippen LogP contribution in [0.2, 0.25) is 0 Å². The van der Waals surface area contributed by atoms with Crippen LogP contribution in [-0.4, -0.2) is 32.3 Å². The van der Waals surface area contributed by atoms with Gasteiger partial charge in [-0.25, -0.2) is 13.6 Å². The summed E-state index contributed by atoms with van der Waals surface area (Å²) in [5, 5.41) is 6.58. The molecule has 100 valence electrons. The number of sulfonamides is 1. The molecule has 0 aromatic carbocycles. The van der Waals surface area contributed by atoms with Crippen molar-refractivity contribution in [2.24, 2.45) is 11.1 Å². The van der Waals surface area contributed by atoms with Gasteiger partial charge in [-0.2, -0.15) is 0 Å². The maximum atomic E-state index is 12.1. The van der Waals surface area contributed by atoms with Crippen LogP contribution in [0.5, 0.6) is 0 Å². The van der Waals surface area contributed by atoms with Gasteiger partial charge in [0.15, 0.2) is 0 Å². The highest BCUT2D eigenvalue weighted by Crippen LogP contribution is 2.22. The lowest BCUT2D eigenvalue weighted by Crippen LogP contribution is -2.37. The Morgan fingerprint density at radius 2 is 2.06 bits per heavy atom. The number of thiophene rings is 1. The van der Waals surface area contributed by atoms with Crippen molar-refractivity contribution >= 4 is 27.3 Å². The van der Waals surface area contributed by atoms with Gasteiger partial charge in [-0.1, -0.05) is 6.92 Å². The maximum absolute atomic E-state index is 12.1. The summed E-state index contributed by atoms with van der Waals surface area (Å²) in [6, 6.07) is 1.36. The van der Waals surface area contributed by atoms with E-state index in [9.17, 15) is 13.2 Å². The number of likely N-dealkylation sites (tertiary alicyclic amines) is 1. The second-order valence-electron chi connectivity index (χ2n) is 4.67. The maximum Gasteiger partial charge on any atom is 0.254 e. The van der Waals surface area contributed by atoms with E-state index >= 15 is 0 Å². The number of hydrogen-bond donors (Lipinski definition) is 1. The highest BCUT2D eigenvalue weighted by molar-refractivity contribution is 7.91. The Balaban J connectivity index is 2.12. The van der Waals surface area contributed by atoms with Crippen LogP contribution in [0.4, 0.5) is 0 Å². The number of nitrogens with zero attached hydrogens (tertiary/aromatic N) is 1. The zero-order valence-corrected chi connectivity index (χ0v) is 11.8. The first-order valence-electron chi connectivity index (χ1n) is 5.78. The Morgan fingerprint density at radius 1 is 1.44 bits per heavy atom. The first-order chi connectivity index (χ1) is 8.38. The van der Waals surface area contributed by atoms with Gasteiger partial charge in [0.1, 0.15) is 4.21 Å². The van der Waals surface area contributed by atoms with E-state index in [-0.39, 0.29) is 10.1 Å². The molecular formula is C11H16N2O3S2. The fraction of sp³-hybridized carbons (Fsp3) is 0.545. The standard InChI is InChI=1S/C11H16N2O3S2/c1-8-2-4-13(5-3-8)11(14)9-6-10(17-7-9)18(12,15)16/h6-8H,2-5H2,1H3,(H2,12,15,16). The molecule has 2 heterocycles. The Hall–Kier alpha value is -0.920. The predicted octanol–water partition coefficient (Wildman–Crippen LogP) is 1.27. The van der Waals surface area contributed by atoms with Crippen LogP contribution in [-0.2, 0) is 10.0 Å². The average molecular weight is 288 g/mol. The summed E-state index contributed by atoms with van der Waals surface area (Å²) in [7, 11) is -3.71. The van der Waals surface area contributed by atoms with Gasteiger partial charge in [-0.3, -0.25) is 4.79 Å². The van der Waals surface area contributed by atoms with Gasteiger partial charge in [-0.05, 0) is 24.8 Å². The van der Waals surface area contributed by atoms with Crippen LogP contribution in [0.1, 0.15) is 30.1 Å². The second-order valence-corrected chi connectivity index (χ2v) is 7.37. The van der Waals surface area contributed by atoms with Gasteiger partial charge >= 0.3 is 0 Å². The highest BCUT2D eigenvalue weighted by Gasteiger charge is 2.23. The number of piperidine rings is 1. The van der Waals surface area contributed by atoms with E-state index in [0.717, 1.165) is 37.3 Å². The molecule has 18 heavy (non-hydrogen) atoms. The van der Waals surface area contributed by atoms with E-state index in [1.54, 1.807) is 10.3 Å². The molecule has 1 aromatic heterocycles. The van der Waals surface area contributed by atoms with Crippen molar-refractivity contribution in [2.75, 3.05) is 13.1 Å². The summed E-state index contributed by atoms with van der Waals surface area (Å²) >= 11 is 0.989. The smallest absolute Gasteiger partial charge is 0.254 e. The number of amides is 1. The second kappa shape index (κ2) is 4.99. The number of carbonyl (C=O) groups is 1. The van der Waals surface area contributed by atoms with Gasteiger partial charge in [0.25, 0.3) is 5.91 Å². The van der Waals surface area contributed by atoms with Gasteiger partial charge in [0, 0.05) is 18.5 Å². The Bertz CT molecular complexity index is 542. The van der Waals surface area contributed by atoms with E-state index in [2.05, 4.69) is 6.92 Å². The zero-order chi connectivity index (χ0) is 13.3. The minimum atomic E-state index is -3.71. The SMILES string of the molecule is CC1CCN(C(=O)c2csc(S(N)(=O)=O)c2)CC1. The van der Waals surface area contributed by atoms with Crippen LogP contribution >= 0.6 is 11.3 Å². The lowest BCUT2D eigenvalue weighted by molar-refractivity contribution is 0.0697. The van der Waals surface area contributed by atoms with Crippen molar-refractivity contribution in [3.05, 3.63) is 17.0 Å². The molecule has 2 rings (SSSR count). The molecule has 1 aliphatic rings. The molecule has 1 aliphatic heterocycles. The summed E-state index contributed by atoms with van der Waals surface area (Å²) in [5.74, 6) is 0.546. The molecule has 2 N–H and O–H groups in total. The lowest BCUT2D eigenvalue weighted by atomic mass is 9.99. The van der Waals surface area contributed by atoms with E-state index in [1.807, 2.05) is 0 Å². The Labute approximate surface area is 111 Å². The molecule has 0 atom stereocenters. The van der Waals surface area contributed by atoms with Crippen LogP contribution in [0.3, 0.4) is 0 Å². The molecule has 0 aliphatic carbocycles. The molecule has 0 radical (unpaired) electrons. The Morgan fingerprint density at radius 3 is 2.56 bits per heavy atom. The summed E-state index contributed by atoms with van der Waals surface area (Å²) in [6.45, 7) is 3.65. The van der Waals surface area contributed by atoms with Gasteiger partial charge in [0.05, 0.1) is 5.56 Å². The number of primary sulfonamides is 1. The molecule has 7 heteroatoms. The topological polar surface area (TPSA) is 80.5 Å². The number of carbonyl (C=O) groups excluding carboxylic acids is 1. The van der Waals surface area contributed by atoms with Crippen molar-refractivity contribution in [3.8, 4) is 0 Å². The first kappa shape index (κ1) is 13.5. The largest absolute Gasteiger partial charge is 0.339 e.